The van der Waals surface area contributed by atoms with E-state index in [0.29, 0.717) is 31.5 Å². The van der Waals surface area contributed by atoms with Gasteiger partial charge in [0.25, 0.3) is 0 Å². The Balaban J connectivity index is 1.77. The molecule has 1 amide bonds. The Morgan fingerprint density at radius 2 is 1.71 bits per heavy atom. The topological polar surface area (TPSA) is 83.6 Å². The van der Waals surface area contributed by atoms with E-state index in [1.807, 2.05) is 30.3 Å². The lowest BCUT2D eigenvalue weighted by molar-refractivity contribution is -0.125. The minimum Gasteiger partial charge on any atom is -0.351 e. The molecule has 0 aliphatic carbocycles. The van der Waals surface area contributed by atoms with Crippen LogP contribution in [0.1, 0.15) is 42.1 Å². The predicted molar refractivity (Wildman–Crippen MR) is 106 cm³/mol. The third-order valence-electron chi connectivity index (χ3n) is 4.93. The van der Waals surface area contributed by atoms with E-state index in [-0.39, 0.29) is 16.6 Å². The summed E-state index contributed by atoms with van der Waals surface area (Å²) in [6.45, 7) is 2.10. The molecule has 1 N–H and O–H groups in total. The first-order valence-corrected chi connectivity index (χ1v) is 10.8. The molecule has 7 heteroatoms. The molecule has 1 saturated heterocycles. The van der Waals surface area contributed by atoms with Crippen LogP contribution in [0.15, 0.2) is 59.5 Å². The number of Topliss-reactive ketones (excluding diaryl/α,β-unsaturated/α-hetero) is 1. The SMILES string of the molecule is CC(=O)c1ccc(S(=O)(=O)N2CCCCC2C(=O)NCc2ccccc2)cc1. The molecule has 1 fully saturated rings. The zero-order valence-electron chi connectivity index (χ0n) is 15.8. The number of hydrogen-bond acceptors (Lipinski definition) is 4. The van der Waals surface area contributed by atoms with E-state index in [4.69, 9.17) is 0 Å². The van der Waals surface area contributed by atoms with Crippen LogP contribution in [-0.2, 0) is 21.4 Å². The van der Waals surface area contributed by atoms with Gasteiger partial charge in [-0.3, -0.25) is 9.59 Å². The normalized spacial score (nSPS) is 17.8. The molecule has 1 atom stereocenters. The predicted octanol–water partition coefficient (Wildman–Crippen LogP) is 2.75. The summed E-state index contributed by atoms with van der Waals surface area (Å²) >= 11 is 0. The van der Waals surface area contributed by atoms with Crippen LogP contribution in [0.4, 0.5) is 0 Å². The third kappa shape index (κ3) is 4.48. The quantitative estimate of drug-likeness (QED) is 0.756. The number of sulfonamides is 1. The highest BCUT2D eigenvalue weighted by Crippen LogP contribution is 2.26. The fourth-order valence-corrected chi connectivity index (χ4v) is 5.01. The van der Waals surface area contributed by atoms with Crippen molar-refractivity contribution in [1.29, 1.82) is 0 Å². The van der Waals surface area contributed by atoms with Crippen LogP contribution in [0.25, 0.3) is 0 Å². The summed E-state index contributed by atoms with van der Waals surface area (Å²) in [6.07, 6.45) is 2.01. The fourth-order valence-electron chi connectivity index (χ4n) is 3.35. The fraction of sp³-hybridized carbons (Fsp3) is 0.333. The maximum absolute atomic E-state index is 13.1. The van der Waals surface area contributed by atoms with Crippen LogP contribution >= 0.6 is 0 Å². The van der Waals surface area contributed by atoms with Crippen molar-refractivity contribution >= 4 is 21.7 Å². The zero-order valence-corrected chi connectivity index (χ0v) is 16.6. The Hall–Kier alpha value is -2.51. The lowest BCUT2D eigenvalue weighted by atomic mass is 10.0. The lowest BCUT2D eigenvalue weighted by Crippen LogP contribution is -2.51. The first-order valence-electron chi connectivity index (χ1n) is 9.34. The molecule has 1 unspecified atom stereocenters. The monoisotopic (exact) mass is 400 g/mol. The Kier molecular flexibility index (Phi) is 6.26. The van der Waals surface area contributed by atoms with Gasteiger partial charge in [0.05, 0.1) is 4.90 Å². The summed E-state index contributed by atoms with van der Waals surface area (Å²) in [5.41, 5.74) is 1.41. The van der Waals surface area contributed by atoms with Crippen molar-refractivity contribution in [1.82, 2.24) is 9.62 Å². The molecule has 0 saturated carbocycles. The first-order chi connectivity index (χ1) is 13.4. The van der Waals surface area contributed by atoms with E-state index >= 15 is 0 Å². The standard InChI is InChI=1S/C21H24N2O4S/c1-16(24)18-10-12-19(13-11-18)28(26,27)23-14-6-5-9-20(23)21(25)22-15-17-7-3-2-4-8-17/h2-4,7-8,10-13,20H,5-6,9,14-15H2,1H3,(H,22,25). The summed E-state index contributed by atoms with van der Waals surface area (Å²) in [5, 5.41) is 2.86. The second kappa shape index (κ2) is 8.67. The molecule has 0 bridgehead atoms. The van der Waals surface area contributed by atoms with Crippen LogP contribution in [0.5, 0.6) is 0 Å². The smallest absolute Gasteiger partial charge is 0.243 e. The van der Waals surface area contributed by atoms with Crippen LogP contribution in [0.3, 0.4) is 0 Å². The van der Waals surface area contributed by atoms with Crippen LogP contribution in [0.2, 0.25) is 0 Å². The van der Waals surface area contributed by atoms with Gasteiger partial charge in [-0.1, -0.05) is 48.9 Å². The molecule has 0 spiro atoms. The van der Waals surface area contributed by atoms with E-state index in [9.17, 15) is 18.0 Å². The highest BCUT2D eigenvalue weighted by atomic mass is 32.2. The average Bonchev–Trinajstić information content (AvgIpc) is 2.72. The maximum atomic E-state index is 13.1. The first kappa shape index (κ1) is 20.2. The average molecular weight is 400 g/mol. The molecule has 0 radical (unpaired) electrons. The number of piperidine rings is 1. The van der Waals surface area contributed by atoms with E-state index in [0.717, 1.165) is 12.0 Å². The second-order valence-corrected chi connectivity index (χ2v) is 8.80. The van der Waals surface area contributed by atoms with Gasteiger partial charge in [-0.2, -0.15) is 4.31 Å². The van der Waals surface area contributed by atoms with E-state index in [2.05, 4.69) is 5.32 Å². The van der Waals surface area contributed by atoms with Crippen molar-refractivity contribution < 1.29 is 18.0 Å². The van der Waals surface area contributed by atoms with Crippen molar-refractivity contribution in [2.75, 3.05) is 6.54 Å². The zero-order chi connectivity index (χ0) is 20.1. The molecule has 3 rings (SSSR count). The van der Waals surface area contributed by atoms with Crippen molar-refractivity contribution in [3.8, 4) is 0 Å². The van der Waals surface area contributed by atoms with Gasteiger partial charge in [-0.05, 0) is 37.5 Å². The molecule has 6 nitrogen and oxygen atoms in total. The summed E-state index contributed by atoms with van der Waals surface area (Å²) in [5.74, 6) is -0.410. The van der Waals surface area contributed by atoms with Gasteiger partial charge in [0.2, 0.25) is 15.9 Å². The number of carbonyl (C=O) groups excluding carboxylic acids is 2. The number of hydrogen-bond donors (Lipinski definition) is 1. The number of nitrogens with zero attached hydrogens (tertiary/aromatic N) is 1. The van der Waals surface area contributed by atoms with Crippen molar-refractivity contribution in [3.63, 3.8) is 0 Å². The molecule has 0 aromatic heterocycles. The summed E-state index contributed by atoms with van der Waals surface area (Å²) < 4.78 is 27.5. The molecule has 1 heterocycles. The minimum absolute atomic E-state index is 0.0975. The second-order valence-electron chi connectivity index (χ2n) is 6.91. The molecule has 1 aliphatic heterocycles. The molecule has 2 aromatic carbocycles. The summed E-state index contributed by atoms with van der Waals surface area (Å²) in [6, 6.07) is 14.6. The highest BCUT2D eigenvalue weighted by molar-refractivity contribution is 7.89. The van der Waals surface area contributed by atoms with Gasteiger partial charge in [-0.25, -0.2) is 8.42 Å². The number of carbonyl (C=O) groups is 2. The van der Waals surface area contributed by atoms with Gasteiger partial charge >= 0.3 is 0 Å². The largest absolute Gasteiger partial charge is 0.351 e. The van der Waals surface area contributed by atoms with Crippen molar-refractivity contribution in [3.05, 3.63) is 65.7 Å². The van der Waals surface area contributed by atoms with Crippen molar-refractivity contribution in [2.24, 2.45) is 0 Å². The van der Waals surface area contributed by atoms with E-state index in [1.54, 1.807) is 0 Å². The highest BCUT2D eigenvalue weighted by Gasteiger charge is 2.37. The number of ketones is 1. The van der Waals surface area contributed by atoms with Gasteiger partial charge in [0.15, 0.2) is 5.78 Å². The van der Waals surface area contributed by atoms with E-state index < -0.39 is 16.1 Å². The summed E-state index contributed by atoms with van der Waals surface area (Å²) in [7, 11) is -3.82. The van der Waals surface area contributed by atoms with Crippen LogP contribution < -0.4 is 5.32 Å². The Labute approximate surface area is 165 Å². The van der Waals surface area contributed by atoms with Crippen molar-refractivity contribution in [2.45, 2.75) is 43.7 Å². The molecule has 28 heavy (non-hydrogen) atoms. The number of benzene rings is 2. The lowest BCUT2D eigenvalue weighted by Gasteiger charge is -2.33. The molecule has 148 valence electrons. The van der Waals surface area contributed by atoms with Gasteiger partial charge in [0, 0.05) is 18.7 Å². The van der Waals surface area contributed by atoms with Gasteiger partial charge < -0.3 is 5.32 Å². The molecular weight excluding hydrogens is 376 g/mol. The maximum Gasteiger partial charge on any atom is 0.243 e. The summed E-state index contributed by atoms with van der Waals surface area (Å²) in [4.78, 5) is 24.3. The van der Waals surface area contributed by atoms with E-state index in [1.165, 1.54) is 35.5 Å². The third-order valence-corrected chi connectivity index (χ3v) is 6.86. The Morgan fingerprint density at radius 1 is 1.04 bits per heavy atom. The number of nitrogens with one attached hydrogen (secondary N) is 1. The van der Waals surface area contributed by atoms with Gasteiger partial charge in [0.1, 0.15) is 6.04 Å². The van der Waals surface area contributed by atoms with Crippen LogP contribution in [-0.4, -0.2) is 37.0 Å². The molecular formula is C21H24N2O4S. The Bertz CT molecular complexity index is 940. The van der Waals surface area contributed by atoms with Gasteiger partial charge in [-0.15, -0.1) is 0 Å². The molecule has 1 aliphatic rings. The molecule has 2 aromatic rings. The number of amides is 1. The minimum atomic E-state index is -3.82. The van der Waals surface area contributed by atoms with Crippen LogP contribution in [0, 0.1) is 0 Å². The Morgan fingerprint density at radius 3 is 2.36 bits per heavy atom. The number of rotatable bonds is 6.